The molecule has 0 N–H and O–H groups in total. The zero-order valence-corrected chi connectivity index (χ0v) is 12.4. The topological polar surface area (TPSA) is 6.48 Å². The summed E-state index contributed by atoms with van der Waals surface area (Å²) in [6.07, 6.45) is 2.60. The lowest BCUT2D eigenvalue weighted by atomic mass is 10.0. The third-order valence-electron chi connectivity index (χ3n) is 3.35. The largest absolute Gasteiger partial charge is 0.306 e. The number of likely N-dealkylation sites (tertiary alicyclic amines) is 1. The summed E-state index contributed by atoms with van der Waals surface area (Å²) < 4.78 is 1.27. The van der Waals surface area contributed by atoms with Crippen LogP contribution in [0, 0.1) is 0 Å². The molecule has 1 fully saturated rings. The van der Waals surface area contributed by atoms with Crippen molar-refractivity contribution >= 4 is 27.3 Å². The molecule has 1 aromatic heterocycles. The van der Waals surface area contributed by atoms with Crippen LogP contribution in [0.25, 0.3) is 0 Å². The van der Waals surface area contributed by atoms with Crippen molar-refractivity contribution in [3.63, 3.8) is 0 Å². The second-order valence-corrected chi connectivity index (χ2v) is 6.52. The Morgan fingerprint density at radius 1 is 1.44 bits per heavy atom. The molecular weight excluding hydrogens is 284 g/mol. The van der Waals surface area contributed by atoms with Crippen LogP contribution in [-0.2, 0) is 6.54 Å². The van der Waals surface area contributed by atoms with E-state index >= 15 is 0 Å². The molecule has 2 rings (SSSR count). The first-order chi connectivity index (χ1) is 7.66. The molecule has 0 saturated carbocycles. The smallest absolute Gasteiger partial charge is 0.0339 e. The zero-order chi connectivity index (χ0) is 11.5. The van der Waals surface area contributed by atoms with Gasteiger partial charge in [0.05, 0.1) is 0 Å². The molecule has 0 spiro atoms. The minimum absolute atomic E-state index is 0.781. The molecule has 16 heavy (non-hydrogen) atoms. The molecule has 1 saturated heterocycles. The van der Waals surface area contributed by atoms with Gasteiger partial charge < -0.3 is 4.90 Å². The number of piperidine rings is 1. The first kappa shape index (κ1) is 12.6. The Morgan fingerprint density at radius 3 is 2.62 bits per heavy atom. The summed E-state index contributed by atoms with van der Waals surface area (Å²) in [5, 5.41) is 2.16. The summed E-state index contributed by atoms with van der Waals surface area (Å²) in [6.45, 7) is 3.57. The average molecular weight is 303 g/mol. The Bertz CT molecular complexity index is 330. The van der Waals surface area contributed by atoms with Gasteiger partial charge in [-0.2, -0.15) is 0 Å². The van der Waals surface area contributed by atoms with E-state index in [1.807, 2.05) is 11.3 Å². The highest BCUT2D eigenvalue weighted by Crippen LogP contribution is 2.25. The Kier molecular flexibility index (Phi) is 4.41. The third-order valence-corrected chi connectivity index (χ3v) is 5.26. The van der Waals surface area contributed by atoms with Gasteiger partial charge in [0.1, 0.15) is 0 Å². The van der Waals surface area contributed by atoms with E-state index in [1.54, 1.807) is 0 Å². The molecule has 1 aromatic rings. The maximum absolute atomic E-state index is 3.60. The number of hydrogen-bond acceptors (Lipinski definition) is 3. The SMILES string of the molecule is CN(C)C1CCN(Cc2sccc2Br)CC1. The normalized spacial score (nSPS) is 19.5. The monoisotopic (exact) mass is 302 g/mol. The van der Waals surface area contributed by atoms with Crippen LogP contribution < -0.4 is 0 Å². The third kappa shape index (κ3) is 3.06. The molecule has 0 unspecified atom stereocenters. The van der Waals surface area contributed by atoms with Crippen molar-refractivity contribution in [3.05, 3.63) is 20.8 Å². The van der Waals surface area contributed by atoms with E-state index < -0.39 is 0 Å². The lowest BCUT2D eigenvalue weighted by Crippen LogP contribution is -2.41. The van der Waals surface area contributed by atoms with Gasteiger partial charge in [0.25, 0.3) is 0 Å². The molecule has 1 aliphatic rings. The Hall–Kier alpha value is 0.100. The molecule has 0 bridgehead atoms. The van der Waals surface area contributed by atoms with Crippen molar-refractivity contribution in [2.45, 2.75) is 25.4 Å². The number of rotatable bonds is 3. The van der Waals surface area contributed by atoms with Gasteiger partial charge in [0.2, 0.25) is 0 Å². The number of halogens is 1. The minimum atomic E-state index is 0.781. The minimum Gasteiger partial charge on any atom is -0.306 e. The average Bonchev–Trinajstić information content (AvgIpc) is 2.65. The van der Waals surface area contributed by atoms with E-state index in [0.717, 1.165) is 12.6 Å². The van der Waals surface area contributed by atoms with E-state index in [9.17, 15) is 0 Å². The summed E-state index contributed by atoms with van der Waals surface area (Å²) in [5.74, 6) is 0. The summed E-state index contributed by atoms with van der Waals surface area (Å²) in [7, 11) is 4.38. The van der Waals surface area contributed by atoms with Crippen LogP contribution in [0.1, 0.15) is 17.7 Å². The van der Waals surface area contributed by atoms with Gasteiger partial charge in [0.15, 0.2) is 0 Å². The van der Waals surface area contributed by atoms with Crippen LogP contribution in [0.2, 0.25) is 0 Å². The van der Waals surface area contributed by atoms with Crippen molar-refractivity contribution in [1.29, 1.82) is 0 Å². The first-order valence-corrected chi connectivity index (χ1v) is 7.44. The molecule has 2 nitrogen and oxygen atoms in total. The highest BCUT2D eigenvalue weighted by molar-refractivity contribution is 9.10. The van der Waals surface area contributed by atoms with Crippen molar-refractivity contribution in [3.8, 4) is 0 Å². The van der Waals surface area contributed by atoms with E-state index in [1.165, 1.54) is 35.3 Å². The Balaban J connectivity index is 1.84. The van der Waals surface area contributed by atoms with Gasteiger partial charge in [-0.05, 0) is 54.3 Å². The quantitative estimate of drug-likeness (QED) is 0.847. The van der Waals surface area contributed by atoms with Gasteiger partial charge in [-0.1, -0.05) is 0 Å². The number of hydrogen-bond donors (Lipinski definition) is 0. The highest BCUT2D eigenvalue weighted by Gasteiger charge is 2.21. The van der Waals surface area contributed by atoms with Gasteiger partial charge in [-0.25, -0.2) is 0 Å². The predicted molar refractivity (Wildman–Crippen MR) is 74.0 cm³/mol. The molecule has 90 valence electrons. The fraction of sp³-hybridized carbons (Fsp3) is 0.667. The van der Waals surface area contributed by atoms with Gasteiger partial charge in [-0.15, -0.1) is 11.3 Å². The standard InChI is InChI=1S/C12H19BrN2S/c1-14(2)10-3-6-15(7-4-10)9-12-11(13)5-8-16-12/h5,8,10H,3-4,6-7,9H2,1-2H3. The first-order valence-electron chi connectivity index (χ1n) is 5.77. The van der Waals surface area contributed by atoms with Crippen LogP contribution in [0.5, 0.6) is 0 Å². The Labute approximate surface area is 110 Å². The summed E-state index contributed by atoms with van der Waals surface area (Å²) in [5.41, 5.74) is 0. The van der Waals surface area contributed by atoms with Gasteiger partial charge >= 0.3 is 0 Å². The summed E-state index contributed by atoms with van der Waals surface area (Å²) in [6, 6.07) is 2.93. The Morgan fingerprint density at radius 2 is 2.12 bits per heavy atom. The predicted octanol–water partition coefficient (Wildman–Crippen LogP) is 3.04. The van der Waals surface area contributed by atoms with Crippen LogP contribution in [0.15, 0.2) is 15.9 Å². The van der Waals surface area contributed by atoms with Crippen LogP contribution in [0.3, 0.4) is 0 Å². The van der Waals surface area contributed by atoms with Crippen LogP contribution in [0.4, 0.5) is 0 Å². The maximum atomic E-state index is 3.60. The molecule has 0 aliphatic carbocycles. The van der Waals surface area contributed by atoms with Gasteiger partial charge in [0, 0.05) is 35.0 Å². The van der Waals surface area contributed by atoms with E-state index in [4.69, 9.17) is 0 Å². The van der Waals surface area contributed by atoms with Crippen molar-refractivity contribution in [2.75, 3.05) is 27.2 Å². The van der Waals surface area contributed by atoms with Crippen molar-refractivity contribution in [2.24, 2.45) is 0 Å². The van der Waals surface area contributed by atoms with Gasteiger partial charge in [-0.3, -0.25) is 4.90 Å². The second-order valence-electron chi connectivity index (χ2n) is 4.66. The zero-order valence-electron chi connectivity index (χ0n) is 9.95. The van der Waals surface area contributed by atoms with Crippen molar-refractivity contribution in [1.82, 2.24) is 9.80 Å². The maximum Gasteiger partial charge on any atom is 0.0339 e. The lowest BCUT2D eigenvalue weighted by Gasteiger charge is -2.35. The molecule has 2 heterocycles. The van der Waals surface area contributed by atoms with Crippen molar-refractivity contribution < 1.29 is 0 Å². The fourth-order valence-electron chi connectivity index (χ4n) is 2.23. The molecule has 0 amide bonds. The molecular formula is C12H19BrN2S. The molecule has 0 atom stereocenters. The van der Waals surface area contributed by atoms with E-state index in [-0.39, 0.29) is 0 Å². The molecule has 1 aliphatic heterocycles. The van der Waals surface area contributed by atoms with E-state index in [2.05, 4.69) is 51.3 Å². The second kappa shape index (κ2) is 5.63. The van der Waals surface area contributed by atoms with Crippen LogP contribution >= 0.6 is 27.3 Å². The number of nitrogens with zero attached hydrogens (tertiary/aromatic N) is 2. The highest BCUT2D eigenvalue weighted by atomic mass is 79.9. The molecule has 0 radical (unpaired) electrons. The van der Waals surface area contributed by atoms with E-state index in [0.29, 0.717) is 0 Å². The summed E-state index contributed by atoms with van der Waals surface area (Å²) >= 11 is 5.46. The lowest BCUT2D eigenvalue weighted by molar-refractivity contribution is 0.140. The molecule has 0 aromatic carbocycles. The molecule has 4 heteroatoms. The van der Waals surface area contributed by atoms with Crippen LogP contribution in [-0.4, -0.2) is 43.0 Å². The fourth-order valence-corrected chi connectivity index (χ4v) is 3.75. The number of thiophene rings is 1. The summed E-state index contributed by atoms with van der Waals surface area (Å²) in [4.78, 5) is 6.39.